The molecule has 0 aromatic heterocycles. The number of benzene rings is 1. The normalized spacial score (nSPS) is 31.2. The third-order valence-corrected chi connectivity index (χ3v) is 7.59. The molecule has 0 radical (unpaired) electrons. The lowest BCUT2D eigenvalue weighted by Gasteiger charge is -2.53. The largest absolute Gasteiger partial charge is 0.508 e. The Kier molecular flexibility index (Phi) is 6.15. The van der Waals surface area contributed by atoms with E-state index in [4.69, 9.17) is 11.5 Å². The Bertz CT molecular complexity index is 1320. The molecule has 1 saturated carbocycles. The molecule has 1 fully saturated rings. The number of aromatic hydroxyl groups is 1. The maximum Gasteiger partial charge on any atom is 0.255 e. The van der Waals surface area contributed by atoms with Crippen LogP contribution in [0.15, 0.2) is 29.0 Å². The van der Waals surface area contributed by atoms with Gasteiger partial charge in [0.15, 0.2) is 11.4 Å². The monoisotopic (exact) mass is 516 g/mol. The third-order valence-electron chi connectivity index (χ3n) is 7.59. The van der Waals surface area contributed by atoms with Gasteiger partial charge in [0.25, 0.3) is 5.91 Å². The molecule has 2 amide bonds. The van der Waals surface area contributed by atoms with Gasteiger partial charge in [-0.05, 0) is 31.6 Å². The van der Waals surface area contributed by atoms with Crippen LogP contribution in [0.25, 0.3) is 5.76 Å². The van der Waals surface area contributed by atoms with Crippen LogP contribution in [0.4, 0.5) is 5.69 Å². The highest BCUT2D eigenvalue weighted by atomic mass is 16.4. The van der Waals surface area contributed by atoms with Crippen LogP contribution < -0.4 is 16.8 Å². The van der Waals surface area contributed by atoms with E-state index in [0.717, 1.165) is 0 Å². The van der Waals surface area contributed by atoms with Gasteiger partial charge in [-0.25, -0.2) is 0 Å². The van der Waals surface area contributed by atoms with Gasteiger partial charge >= 0.3 is 0 Å². The maximum absolute atomic E-state index is 13.9. The number of anilines is 1. The van der Waals surface area contributed by atoms with Crippen molar-refractivity contribution in [2.75, 3.05) is 26.0 Å². The summed E-state index contributed by atoms with van der Waals surface area (Å²) in [5, 5.41) is 58.5. The number of carbonyl (C=O) groups is 4. The van der Waals surface area contributed by atoms with Crippen LogP contribution in [0, 0.1) is 11.8 Å². The molecule has 3 aliphatic carbocycles. The van der Waals surface area contributed by atoms with Crippen molar-refractivity contribution < 1.29 is 44.7 Å². The van der Waals surface area contributed by atoms with E-state index in [1.165, 1.54) is 31.1 Å². The Morgan fingerprint density at radius 2 is 1.78 bits per heavy atom. The number of likely N-dealkylation sites (N-methyl/N-ethyl adjacent to an activating group) is 1. The van der Waals surface area contributed by atoms with Crippen LogP contribution in [-0.2, 0) is 19.2 Å². The van der Waals surface area contributed by atoms with Crippen molar-refractivity contribution in [3.63, 3.8) is 0 Å². The van der Waals surface area contributed by atoms with Crippen molar-refractivity contribution in [1.82, 2.24) is 4.90 Å². The van der Waals surface area contributed by atoms with E-state index < -0.39 is 87.3 Å². The Morgan fingerprint density at radius 1 is 1.16 bits per heavy atom. The van der Waals surface area contributed by atoms with Gasteiger partial charge in [0.2, 0.25) is 11.7 Å². The van der Waals surface area contributed by atoms with Gasteiger partial charge in [-0.15, -0.1) is 0 Å². The summed E-state index contributed by atoms with van der Waals surface area (Å²) in [6.45, 7) is 1.22. The number of nitrogens with zero attached hydrogens (tertiary/aromatic N) is 1. The lowest BCUT2D eigenvalue weighted by atomic mass is 9.54. The number of hydrogen-bond acceptors (Lipinski definition) is 11. The Hall–Kier alpha value is -3.78. The predicted octanol–water partition coefficient (Wildman–Crippen LogP) is -1.61. The number of phenols is 1. The number of Topliss-reactive ketones (excluding diaryl/α,β-unsaturated/α-hetero) is 2. The molecule has 13 nitrogen and oxygen atoms in total. The number of ketones is 2. The fraction of sp³-hybridized carbons (Fsp3) is 0.417. The van der Waals surface area contributed by atoms with Crippen molar-refractivity contribution in [3.8, 4) is 5.75 Å². The average molecular weight is 517 g/mol. The first-order chi connectivity index (χ1) is 17.2. The lowest BCUT2D eigenvalue weighted by Crippen LogP contribution is -2.70. The highest BCUT2D eigenvalue weighted by molar-refractivity contribution is 6.24. The van der Waals surface area contributed by atoms with E-state index in [9.17, 15) is 44.7 Å². The molecule has 4 rings (SSSR count). The van der Waals surface area contributed by atoms with E-state index in [1.54, 1.807) is 6.92 Å². The van der Waals surface area contributed by atoms with E-state index >= 15 is 0 Å². The molecule has 6 atom stereocenters. The molecule has 1 aromatic carbocycles. The summed E-state index contributed by atoms with van der Waals surface area (Å²) < 4.78 is 0. The van der Waals surface area contributed by atoms with E-state index in [-0.39, 0.29) is 17.8 Å². The van der Waals surface area contributed by atoms with Crippen molar-refractivity contribution in [3.05, 3.63) is 40.2 Å². The molecule has 0 bridgehead atoms. The fourth-order valence-electron chi connectivity index (χ4n) is 5.92. The minimum Gasteiger partial charge on any atom is -0.508 e. The van der Waals surface area contributed by atoms with Crippen molar-refractivity contribution in [1.29, 1.82) is 0 Å². The van der Waals surface area contributed by atoms with E-state index in [2.05, 4.69) is 5.32 Å². The lowest BCUT2D eigenvalue weighted by molar-refractivity contribution is -0.169. The summed E-state index contributed by atoms with van der Waals surface area (Å²) in [5.41, 5.74) is 6.05. The number of aliphatic hydroxyl groups excluding tert-OH is 3. The highest BCUT2D eigenvalue weighted by Gasteiger charge is 2.68. The number of nitrogens with one attached hydrogen (secondary N) is 1. The zero-order valence-electron chi connectivity index (χ0n) is 20.2. The summed E-state index contributed by atoms with van der Waals surface area (Å²) in [5.74, 6) is -10.5. The second kappa shape index (κ2) is 8.66. The van der Waals surface area contributed by atoms with Crippen molar-refractivity contribution in [2.45, 2.75) is 30.6 Å². The molecule has 10 N–H and O–H groups in total. The van der Waals surface area contributed by atoms with Crippen molar-refractivity contribution in [2.24, 2.45) is 23.3 Å². The summed E-state index contributed by atoms with van der Waals surface area (Å²) in [6.07, 6.45) is -1.69. The Morgan fingerprint density at radius 3 is 2.32 bits per heavy atom. The molecule has 1 unspecified atom stereocenters. The van der Waals surface area contributed by atoms with Gasteiger partial charge in [-0.2, -0.15) is 0 Å². The highest BCUT2D eigenvalue weighted by Crippen LogP contribution is 2.56. The van der Waals surface area contributed by atoms with Gasteiger partial charge in [-0.3, -0.25) is 24.1 Å². The minimum atomic E-state index is -3.00. The summed E-state index contributed by atoms with van der Waals surface area (Å²) in [4.78, 5) is 52.1. The second-order valence-corrected chi connectivity index (χ2v) is 9.73. The number of carbonyl (C=O) groups excluding carboxylic acids is 4. The number of aliphatic hydroxyl groups is 4. The zero-order chi connectivity index (χ0) is 27.7. The number of hydrogen-bond donors (Lipinski definition) is 8. The van der Waals surface area contributed by atoms with Crippen LogP contribution in [0.2, 0.25) is 0 Å². The standard InChI is InChI=1S/C24H28N4O9/c1-7-8-4-5-9(27-10(29)6-25)17(30)12(8)18(31)13-11(7)19(32)15-16(28(2)3)20(33)14(23(26)36)22(35)24(15,37)21(13)34/h4-5,7,11,15-16,19,30-32,35,37H,6,25H2,1-3H3,(H2,26,36)(H,27,29)/t7-,11?,15+,16-,19-,24-/m0/s1. The van der Waals surface area contributed by atoms with Gasteiger partial charge < -0.3 is 42.3 Å². The summed E-state index contributed by atoms with van der Waals surface area (Å²) in [7, 11) is 2.86. The van der Waals surface area contributed by atoms with E-state index in [0.29, 0.717) is 5.56 Å². The average Bonchev–Trinajstić information content (AvgIpc) is 2.82. The number of nitrogens with two attached hydrogens (primary N) is 2. The van der Waals surface area contributed by atoms with Crippen LogP contribution >= 0.6 is 0 Å². The Balaban J connectivity index is 2.01. The molecule has 198 valence electrons. The molecule has 0 aliphatic heterocycles. The summed E-state index contributed by atoms with van der Waals surface area (Å²) >= 11 is 0. The molecule has 1 aromatic rings. The summed E-state index contributed by atoms with van der Waals surface area (Å²) in [6, 6.07) is 1.42. The number of amides is 2. The zero-order valence-corrected chi connectivity index (χ0v) is 20.2. The SMILES string of the molecule is C[C@H]1c2ccc(NC(=O)CN)c(O)c2C(O)=C2C(=O)[C@]3(O)C(O)=C(C(N)=O)C(=O)[C@@H](N(C)C)[C@@H]3[C@@H](O)C21. The molecule has 13 heteroatoms. The first-order valence-electron chi connectivity index (χ1n) is 11.4. The van der Waals surface area contributed by atoms with Gasteiger partial charge in [-0.1, -0.05) is 13.0 Å². The topological polar surface area (TPSA) is 237 Å². The maximum atomic E-state index is 13.9. The molecule has 3 aliphatic rings. The minimum absolute atomic E-state index is 0.109. The van der Waals surface area contributed by atoms with Gasteiger partial charge in [0, 0.05) is 11.5 Å². The number of rotatable bonds is 4. The Labute approximate surface area is 210 Å². The molecular weight excluding hydrogens is 488 g/mol. The first-order valence-corrected chi connectivity index (χ1v) is 11.4. The fourth-order valence-corrected chi connectivity index (χ4v) is 5.92. The number of primary amides is 1. The molecule has 0 spiro atoms. The first kappa shape index (κ1) is 26.3. The quantitative estimate of drug-likeness (QED) is 0.167. The number of fused-ring (bicyclic) bond motifs is 3. The van der Waals surface area contributed by atoms with Crippen LogP contribution in [0.5, 0.6) is 5.75 Å². The second-order valence-electron chi connectivity index (χ2n) is 9.73. The van der Waals surface area contributed by atoms with Gasteiger partial charge in [0.05, 0.1) is 35.9 Å². The van der Waals surface area contributed by atoms with Crippen molar-refractivity contribution >= 4 is 34.8 Å². The van der Waals surface area contributed by atoms with Crippen LogP contribution in [0.3, 0.4) is 0 Å². The molecule has 37 heavy (non-hydrogen) atoms. The smallest absolute Gasteiger partial charge is 0.255 e. The van der Waals surface area contributed by atoms with E-state index in [1.807, 2.05) is 0 Å². The predicted molar refractivity (Wildman–Crippen MR) is 128 cm³/mol. The van der Waals surface area contributed by atoms with Crippen LogP contribution in [-0.4, -0.2) is 92.2 Å². The third kappa shape index (κ3) is 3.39. The van der Waals surface area contributed by atoms with Crippen LogP contribution in [0.1, 0.15) is 24.0 Å². The molecule has 0 saturated heterocycles. The molecule has 0 heterocycles. The van der Waals surface area contributed by atoms with Gasteiger partial charge in [0.1, 0.15) is 22.8 Å². The number of phenolic OH excluding ortho intramolecular Hbond substituents is 1. The molecular formula is C24H28N4O9.